The van der Waals surface area contributed by atoms with Crippen LogP contribution in [0.4, 0.5) is 0 Å². The van der Waals surface area contributed by atoms with E-state index in [9.17, 15) is 0 Å². The van der Waals surface area contributed by atoms with Crippen molar-refractivity contribution in [1.29, 1.82) is 0 Å². The third kappa shape index (κ3) is 1.52. The molecular weight excluding hydrogens is 168 g/mol. The van der Waals surface area contributed by atoms with Crippen molar-refractivity contribution in [3.05, 3.63) is 15.6 Å². The van der Waals surface area contributed by atoms with Gasteiger partial charge in [0.25, 0.3) is 0 Å². The summed E-state index contributed by atoms with van der Waals surface area (Å²) < 4.78 is 0. The molecule has 0 radical (unpaired) electrons. The van der Waals surface area contributed by atoms with Gasteiger partial charge in [0.15, 0.2) is 0 Å². The summed E-state index contributed by atoms with van der Waals surface area (Å²) in [6.45, 7) is 6.60. The first kappa shape index (κ1) is 8.20. The van der Waals surface area contributed by atoms with E-state index >= 15 is 0 Å². The van der Waals surface area contributed by atoms with Gasteiger partial charge in [0.1, 0.15) is 0 Å². The average molecular weight is 182 g/mol. The minimum atomic E-state index is 0.843. The number of thiazole rings is 1. The number of aryl methyl sites for hydroxylation is 2. The van der Waals surface area contributed by atoms with Gasteiger partial charge in [0.2, 0.25) is 0 Å². The van der Waals surface area contributed by atoms with Crippen LogP contribution in [0.15, 0.2) is 0 Å². The number of rotatable bonds is 2. The first-order valence-electron chi connectivity index (χ1n) is 4.39. The molecule has 1 N–H and O–H groups in total. The Morgan fingerprint density at radius 2 is 2.25 bits per heavy atom. The minimum Gasteiger partial charge on any atom is -0.316 e. The van der Waals surface area contributed by atoms with Gasteiger partial charge in [-0.1, -0.05) is 0 Å². The molecule has 0 atom stereocenters. The topological polar surface area (TPSA) is 24.9 Å². The van der Waals surface area contributed by atoms with Gasteiger partial charge < -0.3 is 5.32 Å². The Kier molecular flexibility index (Phi) is 2.15. The fourth-order valence-electron chi connectivity index (χ4n) is 1.37. The first-order valence-corrected chi connectivity index (χ1v) is 5.21. The van der Waals surface area contributed by atoms with Crippen LogP contribution >= 0.6 is 11.3 Å². The van der Waals surface area contributed by atoms with Crippen molar-refractivity contribution >= 4 is 11.3 Å². The smallest absolute Gasteiger partial charge is 0.0934 e. The van der Waals surface area contributed by atoms with Crippen LogP contribution in [0.3, 0.4) is 0 Å². The molecule has 2 rings (SSSR count). The lowest BCUT2D eigenvalue weighted by Gasteiger charge is -2.25. The number of nitrogens with zero attached hydrogens (tertiary/aromatic N) is 1. The number of aromatic nitrogens is 1. The van der Waals surface area contributed by atoms with Crippen molar-refractivity contribution in [3.8, 4) is 0 Å². The van der Waals surface area contributed by atoms with E-state index in [0.29, 0.717) is 0 Å². The zero-order chi connectivity index (χ0) is 8.55. The van der Waals surface area contributed by atoms with E-state index in [1.807, 2.05) is 11.3 Å². The highest BCUT2D eigenvalue weighted by Gasteiger charge is 2.18. The summed E-state index contributed by atoms with van der Waals surface area (Å²) in [7, 11) is 0. The molecule has 1 aromatic rings. The largest absolute Gasteiger partial charge is 0.316 e. The summed E-state index contributed by atoms with van der Waals surface area (Å²) in [5.41, 5.74) is 1.21. The summed E-state index contributed by atoms with van der Waals surface area (Å²) >= 11 is 1.85. The zero-order valence-corrected chi connectivity index (χ0v) is 8.37. The molecule has 0 bridgehead atoms. The Bertz CT molecular complexity index is 257. The van der Waals surface area contributed by atoms with Gasteiger partial charge in [0, 0.05) is 11.3 Å². The van der Waals surface area contributed by atoms with Crippen LogP contribution < -0.4 is 5.32 Å². The van der Waals surface area contributed by atoms with Crippen LogP contribution in [0.1, 0.15) is 15.6 Å². The van der Waals surface area contributed by atoms with Crippen molar-refractivity contribution in [2.45, 2.75) is 20.3 Å². The highest BCUT2D eigenvalue weighted by Crippen LogP contribution is 2.20. The molecule has 0 unspecified atom stereocenters. The predicted molar refractivity (Wildman–Crippen MR) is 51.7 cm³/mol. The van der Waals surface area contributed by atoms with Crippen molar-refractivity contribution in [2.75, 3.05) is 13.1 Å². The molecule has 2 nitrogen and oxygen atoms in total. The summed E-state index contributed by atoms with van der Waals surface area (Å²) in [6.07, 6.45) is 1.17. The molecule has 0 aliphatic carbocycles. The molecule has 1 aliphatic rings. The second-order valence-electron chi connectivity index (χ2n) is 3.48. The molecule has 0 saturated carbocycles. The molecule has 2 heterocycles. The highest BCUT2D eigenvalue weighted by atomic mass is 32.1. The zero-order valence-electron chi connectivity index (χ0n) is 7.55. The quantitative estimate of drug-likeness (QED) is 0.750. The summed E-state index contributed by atoms with van der Waals surface area (Å²) in [6, 6.07) is 0. The fourth-order valence-corrected chi connectivity index (χ4v) is 2.41. The van der Waals surface area contributed by atoms with E-state index in [4.69, 9.17) is 0 Å². The van der Waals surface area contributed by atoms with Crippen LogP contribution in [-0.4, -0.2) is 18.1 Å². The number of hydrogen-bond donors (Lipinski definition) is 1. The molecule has 1 fully saturated rings. The standard InChI is InChI=1S/C9H14N2S/c1-6-7(2)12-9(11-6)3-8-4-10-5-8/h8,10H,3-5H2,1-2H3. The number of nitrogens with one attached hydrogen (secondary N) is 1. The Morgan fingerprint density at radius 1 is 1.50 bits per heavy atom. The Balaban J connectivity index is 2.02. The Hall–Kier alpha value is -0.410. The van der Waals surface area contributed by atoms with E-state index in [0.717, 1.165) is 5.92 Å². The lowest BCUT2D eigenvalue weighted by molar-refractivity contribution is 0.346. The molecule has 1 aliphatic heterocycles. The average Bonchev–Trinajstić information content (AvgIpc) is 2.24. The first-order chi connectivity index (χ1) is 5.75. The van der Waals surface area contributed by atoms with Crippen LogP contribution in [0.25, 0.3) is 0 Å². The van der Waals surface area contributed by atoms with E-state index < -0.39 is 0 Å². The minimum absolute atomic E-state index is 0.843. The Labute approximate surface area is 77.0 Å². The van der Waals surface area contributed by atoms with Crippen molar-refractivity contribution in [3.63, 3.8) is 0 Å². The lowest BCUT2D eigenvalue weighted by atomic mass is 10.0. The van der Waals surface area contributed by atoms with Crippen LogP contribution in [0.2, 0.25) is 0 Å². The van der Waals surface area contributed by atoms with Gasteiger partial charge in [-0.05, 0) is 32.9 Å². The third-order valence-electron chi connectivity index (χ3n) is 2.40. The SMILES string of the molecule is Cc1nc(CC2CNC2)sc1C. The maximum Gasteiger partial charge on any atom is 0.0934 e. The summed E-state index contributed by atoms with van der Waals surface area (Å²) in [5.74, 6) is 0.843. The van der Waals surface area contributed by atoms with Crippen molar-refractivity contribution in [1.82, 2.24) is 10.3 Å². The van der Waals surface area contributed by atoms with Gasteiger partial charge in [-0.2, -0.15) is 0 Å². The Morgan fingerprint density at radius 3 is 2.67 bits per heavy atom. The van der Waals surface area contributed by atoms with E-state index in [2.05, 4.69) is 24.1 Å². The summed E-state index contributed by atoms with van der Waals surface area (Å²) in [5, 5.41) is 4.60. The van der Waals surface area contributed by atoms with Gasteiger partial charge in [-0.15, -0.1) is 11.3 Å². The van der Waals surface area contributed by atoms with Gasteiger partial charge in [-0.25, -0.2) is 4.98 Å². The molecule has 0 amide bonds. The number of hydrogen-bond acceptors (Lipinski definition) is 3. The molecular formula is C9H14N2S. The second kappa shape index (κ2) is 3.15. The molecule has 1 aromatic heterocycles. The van der Waals surface area contributed by atoms with Gasteiger partial charge in [-0.3, -0.25) is 0 Å². The molecule has 3 heteroatoms. The predicted octanol–water partition coefficient (Wildman–Crippen LogP) is 1.52. The molecule has 66 valence electrons. The summed E-state index contributed by atoms with van der Waals surface area (Å²) in [4.78, 5) is 5.90. The van der Waals surface area contributed by atoms with Crippen molar-refractivity contribution < 1.29 is 0 Å². The molecule has 0 aromatic carbocycles. The second-order valence-corrected chi connectivity index (χ2v) is 4.77. The monoisotopic (exact) mass is 182 g/mol. The van der Waals surface area contributed by atoms with Crippen molar-refractivity contribution in [2.24, 2.45) is 5.92 Å². The molecule has 0 spiro atoms. The fraction of sp³-hybridized carbons (Fsp3) is 0.667. The maximum absolute atomic E-state index is 4.52. The van der Waals surface area contributed by atoms with Gasteiger partial charge >= 0.3 is 0 Å². The molecule has 1 saturated heterocycles. The van der Waals surface area contributed by atoms with Crippen LogP contribution in [-0.2, 0) is 6.42 Å². The highest BCUT2D eigenvalue weighted by molar-refractivity contribution is 7.11. The maximum atomic E-state index is 4.52. The van der Waals surface area contributed by atoms with E-state index in [1.165, 1.54) is 35.1 Å². The lowest BCUT2D eigenvalue weighted by Crippen LogP contribution is -2.43. The normalized spacial score (nSPS) is 17.8. The van der Waals surface area contributed by atoms with Crippen LogP contribution in [0.5, 0.6) is 0 Å². The molecule has 12 heavy (non-hydrogen) atoms. The van der Waals surface area contributed by atoms with Crippen LogP contribution in [0, 0.1) is 19.8 Å². The van der Waals surface area contributed by atoms with Gasteiger partial charge in [0.05, 0.1) is 10.7 Å². The van der Waals surface area contributed by atoms with E-state index in [-0.39, 0.29) is 0 Å². The third-order valence-corrected chi connectivity index (χ3v) is 3.50. The van der Waals surface area contributed by atoms with E-state index in [1.54, 1.807) is 0 Å².